The van der Waals surface area contributed by atoms with Crippen LogP contribution in [0.3, 0.4) is 0 Å². The molecular formula is C23H33N3O4. The minimum atomic E-state index is -0.569. The molecule has 1 unspecified atom stereocenters. The van der Waals surface area contributed by atoms with Crippen LogP contribution in [-0.2, 0) is 17.8 Å². The summed E-state index contributed by atoms with van der Waals surface area (Å²) in [5.41, 5.74) is 2.27. The summed E-state index contributed by atoms with van der Waals surface area (Å²) in [6.07, 6.45) is 3.07. The average molecular weight is 416 g/mol. The van der Waals surface area contributed by atoms with Gasteiger partial charge in [0, 0.05) is 50.7 Å². The van der Waals surface area contributed by atoms with Crippen LogP contribution in [0.25, 0.3) is 0 Å². The van der Waals surface area contributed by atoms with E-state index in [1.165, 1.54) is 5.56 Å². The lowest BCUT2D eigenvalue weighted by Crippen LogP contribution is -2.42. The maximum absolute atomic E-state index is 10.5. The molecule has 1 aromatic carbocycles. The van der Waals surface area contributed by atoms with Gasteiger partial charge in [-0.05, 0) is 30.3 Å². The van der Waals surface area contributed by atoms with Gasteiger partial charge in [0.05, 0.1) is 20.3 Å². The number of para-hydroxylation sites is 1. The lowest BCUT2D eigenvalue weighted by atomic mass is 10.1. The van der Waals surface area contributed by atoms with Crippen LogP contribution >= 0.6 is 0 Å². The quantitative estimate of drug-likeness (QED) is 0.603. The van der Waals surface area contributed by atoms with Crippen molar-refractivity contribution in [2.75, 3.05) is 53.1 Å². The first-order valence-corrected chi connectivity index (χ1v) is 10.6. The number of morpholine rings is 1. The highest BCUT2D eigenvalue weighted by Crippen LogP contribution is 2.32. The molecule has 0 radical (unpaired) electrons. The van der Waals surface area contributed by atoms with Crippen molar-refractivity contribution >= 4 is 0 Å². The average Bonchev–Trinajstić information content (AvgIpc) is 2.79. The van der Waals surface area contributed by atoms with E-state index < -0.39 is 6.10 Å². The van der Waals surface area contributed by atoms with Crippen LogP contribution in [0.1, 0.15) is 18.1 Å². The summed E-state index contributed by atoms with van der Waals surface area (Å²) in [4.78, 5) is 8.63. The first-order chi connectivity index (χ1) is 14.7. The maximum Gasteiger partial charge on any atom is 0.165 e. The predicted octanol–water partition coefficient (Wildman–Crippen LogP) is 2.18. The molecule has 1 N–H and O–H groups in total. The van der Waals surface area contributed by atoms with Crippen molar-refractivity contribution in [1.82, 2.24) is 14.8 Å². The van der Waals surface area contributed by atoms with Gasteiger partial charge in [-0.3, -0.25) is 14.8 Å². The number of benzene rings is 1. The molecule has 2 aromatic rings. The van der Waals surface area contributed by atoms with Crippen molar-refractivity contribution in [2.24, 2.45) is 0 Å². The summed E-state index contributed by atoms with van der Waals surface area (Å²) in [6.45, 7) is 8.53. The van der Waals surface area contributed by atoms with Gasteiger partial charge in [0.1, 0.15) is 12.7 Å². The second-order valence-electron chi connectivity index (χ2n) is 7.49. The van der Waals surface area contributed by atoms with Gasteiger partial charge in [0.15, 0.2) is 11.5 Å². The summed E-state index contributed by atoms with van der Waals surface area (Å²) in [5, 5.41) is 10.5. The van der Waals surface area contributed by atoms with E-state index in [9.17, 15) is 5.11 Å². The minimum absolute atomic E-state index is 0.223. The number of rotatable bonds is 11. The van der Waals surface area contributed by atoms with E-state index in [1.807, 2.05) is 36.7 Å². The maximum atomic E-state index is 10.5. The molecular weight excluding hydrogens is 382 g/mol. The lowest BCUT2D eigenvalue weighted by molar-refractivity contribution is 0.00430. The number of methoxy groups -OCH3 is 1. The molecule has 0 spiro atoms. The second-order valence-corrected chi connectivity index (χ2v) is 7.49. The number of pyridine rings is 1. The van der Waals surface area contributed by atoms with Crippen LogP contribution in [0.15, 0.2) is 42.7 Å². The standard InChI is InChI=1S/C23H33N3O4/c1-3-25(15-19-7-9-24-10-8-19)16-20-5-4-6-22(28-2)23(20)30-18-21(27)17-26-11-13-29-14-12-26/h4-10,21,27H,3,11-18H2,1-2H3. The highest BCUT2D eigenvalue weighted by atomic mass is 16.5. The minimum Gasteiger partial charge on any atom is -0.493 e. The Labute approximate surface area is 179 Å². The van der Waals surface area contributed by atoms with Crippen molar-refractivity contribution in [3.05, 3.63) is 53.9 Å². The van der Waals surface area contributed by atoms with Crippen LogP contribution in [0.2, 0.25) is 0 Å². The molecule has 1 saturated heterocycles. The van der Waals surface area contributed by atoms with Crippen LogP contribution in [0.5, 0.6) is 11.5 Å². The van der Waals surface area contributed by atoms with Gasteiger partial charge in [-0.1, -0.05) is 19.1 Å². The van der Waals surface area contributed by atoms with Gasteiger partial charge < -0.3 is 19.3 Å². The van der Waals surface area contributed by atoms with E-state index in [-0.39, 0.29) is 6.61 Å². The Morgan fingerprint density at radius 1 is 1.17 bits per heavy atom. The second kappa shape index (κ2) is 11.9. The van der Waals surface area contributed by atoms with Gasteiger partial charge in [0.25, 0.3) is 0 Å². The fraction of sp³-hybridized carbons (Fsp3) is 0.522. The Morgan fingerprint density at radius 2 is 1.93 bits per heavy atom. The number of aliphatic hydroxyl groups excluding tert-OH is 1. The Kier molecular flexibility index (Phi) is 8.89. The Hall–Kier alpha value is -2.19. The molecule has 0 aliphatic carbocycles. The van der Waals surface area contributed by atoms with Crippen LogP contribution < -0.4 is 9.47 Å². The number of β-amino-alcohol motifs (C(OH)–C–C–N with tert-alkyl or cyclic N) is 1. The third kappa shape index (κ3) is 6.67. The molecule has 0 saturated carbocycles. The van der Waals surface area contributed by atoms with Gasteiger partial charge in [-0.15, -0.1) is 0 Å². The molecule has 2 heterocycles. The molecule has 30 heavy (non-hydrogen) atoms. The molecule has 7 nitrogen and oxygen atoms in total. The molecule has 1 aliphatic heterocycles. The van der Waals surface area contributed by atoms with Crippen molar-refractivity contribution in [3.8, 4) is 11.5 Å². The number of aliphatic hydroxyl groups is 1. The smallest absolute Gasteiger partial charge is 0.165 e. The van der Waals surface area contributed by atoms with E-state index in [4.69, 9.17) is 14.2 Å². The molecule has 1 aromatic heterocycles. The monoisotopic (exact) mass is 415 g/mol. The topological polar surface area (TPSA) is 67.3 Å². The third-order valence-electron chi connectivity index (χ3n) is 5.27. The number of aromatic nitrogens is 1. The van der Waals surface area contributed by atoms with Crippen LogP contribution in [-0.4, -0.2) is 79.1 Å². The molecule has 7 heteroatoms. The van der Waals surface area contributed by atoms with Crippen molar-refractivity contribution in [1.29, 1.82) is 0 Å². The van der Waals surface area contributed by atoms with Gasteiger partial charge in [-0.2, -0.15) is 0 Å². The lowest BCUT2D eigenvalue weighted by Gasteiger charge is -2.29. The van der Waals surface area contributed by atoms with Gasteiger partial charge in [-0.25, -0.2) is 0 Å². The Bertz CT molecular complexity index is 753. The third-order valence-corrected chi connectivity index (χ3v) is 5.27. The van der Waals surface area contributed by atoms with Crippen molar-refractivity contribution in [2.45, 2.75) is 26.1 Å². The fourth-order valence-electron chi connectivity index (χ4n) is 3.59. The van der Waals surface area contributed by atoms with Crippen molar-refractivity contribution < 1.29 is 19.3 Å². The number of hydrogen-bond donors (Lipinski definition) is 1. The van der Waals surface area contributed by atoms with E-state index >= 15 is 0 Å². The molecule has 1 fully saturated rings. The molecule has 1 aliphatic rings. The predicted molar refractivity (Wildman–Crippen MR) is 116 cm³/mol. The molecule has 0 amide bonds. The fourth-order valence-corrected chi connectivity index (χ4v) is 3.59. The Balaban J connectivity index is 1.64. The molecule has 0 bridgehead atoms. The van der Waals surface area contributed by atoms with E-state index in [2.05, 4.69) is 27.8 Å². The first-order valence-electron chi connectivity index (χ1n) is 10.6. The first kappa shape index (κ1) is 22.5. The van der Waals surface area contributed by atoms with E-state index in [0.717, 1.165) is 38.3 Å². The molecule has 164 valence electrons. The van der Waals surface area contributed by atoms with E-state index in [0.29, 0.717) is 31.3 Å². The summed E-state index contributed by atoms with van der Waals surface area (Å²) in [7, 11) is 1.64. The van der Waals surface area contributed by atoms with Crippen molar-refractivity contribution in [3.63, 3.8) is 0 Å². The van der Waals surface area contributed by atoms with Crippen LogP contribution in [0.4, 0.5) is 0 Å². The van der Waals surface area contributed by atoms with E-state index in [1.54, 1.807) is 7.11 Å². The largest absolute Gasteiger partial charge is 0.493 e. The van der Waals surface area contributed by atoms with Gasteiger partial charge in [0.2, 0.25) is 0 Å². The number of nitrogens with zero attached hydrogens (tertiary/aromatic N) is 3. The zero-order valence-electron chi connectivity index (χ0n) is 18.0. The molecule has 1 atom stereocenters. The highest BCUT2D eigenvalue weighted by molar-refractivity contribution is 5.46. The zero-order valence-corrected chi connectivity index (χ0v) is 18.0. The van der Waals surface area contributed by atoms with Gasteiger partial charge >= 0.3 is 0 Å². The summed E-state index contributed by atoms with van der Waals surface area (Å²) in [6, 6.07) is 10.0. The normalized spacial score (nSPS) is 15.9. The van der Waals surface area contributed by atoms with Crippen LogP contribution in [0, 0.1) is 0 Å². The SMILES string of the molecule is CCN(Cc1ccncc1)Cc1cccc(OC)c1OCC(O)CN1CCOCC1. The number of hydrogen-bond acceptors (Lipinski definition) is 7. The molecule has 3 rings (SSSR count). The Morgan fingerprint density at radius 3 is 2.63 bits per heavy atom. The summed E-state index contributed by atoms with van der Waals surface area (Å²) >= 11 is 0. The number of ether oxygens (including phenoxy) is 3. The summed E-state index contributed by atoms with van der Waals surface area (Å²) in [5.74, 6) is 1.39. The highest BCUT2D eigenvalue weighted by Gasteiger charge is 2.18. The summed E-state index contributed by atoms with van der Waals surface area (Å²) < 4.78 is 17.0. The zero-order chi connectivity index (χ0) is 21.2.